The third-order valence-corrected chi connectivity index (χ3v) is 1.74. The maximum absolute atomic E-state index is 10.7. The molecule has 0 aliphatic rings. The van der Waals surface area contributed by atoms with Crippen molar-refractivity contribution in [1.29, 1.82) is 0 Å². The lowest BCUT2D eigenvalue weighted by atomic mass is 10.0. The Morgan fingerprint density at radius 1 is 1.36 bits per heavy atom. The van der Waals surface area contributed by atoms with Crippen molar-refractivity contribution in [1.82, 2.24) is 5.32 Å². The van der Waals surface area contributed by atoms with E-state index in [4.69, 9.17) is 10.2 Å². The lowest BCUT2D eigenvalue weighted by Crippen LogP contribution is -2.54. The van der Waals surface area contributed by atoms with Crippen molar-refractivity contribution < 1.29 is 24.9 Å². The third-order valence-electron chi connectivity index (χ3n) is 1.74. The normalized spacial score (nSPS) is 19.2. The summed E-state index contributed by atoms with van der Waals surface area (Å²) < 4.78 is 0. The first kappa shape index (κ1) is 13.0. The van der Waals surface area contributed by atoms with E-state index < -0.39 is 30.3 Å². The molecule has 0 aromatic heterocycles. The average molecular weight is 205 g/mol. The van der Waals surface area contributed by atoms with Crippen LogP contribution in [0.25, 0.3) is 0 Å². The van der Waals surface area contributed by atoms with Crippen LogP contribution in [0, 0.1) is 0 Å². The van der Waals surface area contributed by atoms with Crippen LogP contribution in [0.5, 0.6) is 0 Å². The molecule has 0 bridgehead atoms. The summed E-state index contributed by atoms with van der Waals surface area (Å²) in [4.78, 5) is 20.9. The van der Waals surface area contributed by atoms with Crippen LogP contribution in [0.2, 0.25) is 0 Å². The monoisotopic (exact) mass is 205 g/mol. The topological polar surface area (TPSA) is 107 Å². The van der Waals surface area contributed by atoms with Crippen LogP contribution in [0.1, 0.15) is 13.8 Å². The first-order chi connectivity index (χ1) is 6.40. The number of carbonyl (C=O) groups excluding carboxylic acids is 2. The minimum Gasteiger partial charge on any atom is -0.391 e. The number of aldehydes is 1. The summed E-state index contributed by atoms with van der Waals surface area (Å²) in [5.41, 5.74) is 0. The SMILES string of the molecule is CC(=O)N[C@@H]([C@@H](O)[C@@H](C)O)[C@H](O)C=O. The van der Waals surface area contributed by atoms with Crippen molar-refractivity contribution in [2.75, 3.05) is 0 Å². The number of rotatable bonds is 5. The van der Waals surface area contributed by atoms with Crippen molar-refractivity contribution in [2.24, 2.45) is 0 Å². The van der Waals surface area contributed by atoms with E-state index in [1.54, 1.807) is 0 Å². The summed E-state index contributed by atoms with van der Waals surface area (Å²) in [6, 6.07) is -1.19. The van der Waals surface area contributed by atoms with Gasteiger partial charge in [0.1, 0.15) is 12.2 Å². The largest absolute Gasteiger partial charge is 0.391 e. The third kappa shape index (κ3) is 3.82. The molecule has 6 heteroatoms. The molecule has 4 atom stereocenters. The van der Waals surface area contributed by atoms with E-state index in [1.165, 1.54) is 13.8 Å². The fourth-order valence-electron chi connectivity index (χ4n) is 0.992. The van der Waals surface area contributed by atoms with Crippen LogP contribution in [0.15, 0.2) is 0 Å². The number of aliphatic hydroxyl groups is 3. The standard InChI is InChI=1S/C8H15NO5/c1-4(11)8(14)7(6(13)3-10)9-5(2)12/h3-4,6-8,11,13-14H,1-2H3,(H,9,12)/t4-,6-,7-,8+/m1/s1. The second-order valence-corrected chi connectivity index (χ2v) is 3.08. The Hall–Kier alpha value is -0.980. The van der Waals surface area contributed by atoms with E-state index in [9.17, 15) is 14.7 Å². The predicted molar refractivity (Wildman–Crippen MR) is 47.4 cm³/mol. The van der Waals surface area contributed by atoms with E-state index in [0.717, 1.165) is 0 Å². The molecule has 82 valence electrons. The molecule has 0 aromatic carbocycles. The van der Waals surface area contributed by atoms with Gasteiger partial charge >= 0.3 is 0 Å². The van der Waals surface area contributed by atoms with E-state index in [0.29, 0.717) is 0 Å². The summed E-state index contributed by atoms with van der Waals surface area (Å²) in [5.74, 6) is -0.504. The molecule has 0 heterocycles. The van der Waals surface area contributed by atoms with Gasteiger partial charge in [-0.25, -0.2) is 0 Å². The Bertz CT molecular complexity index is 206. The molecule has 0 saturated carbocycles. The highest BCUT2D eigenvalue weighted by molar-refractivity contribution is 5.74. The molecule has 0 rings (SSSR count). The highest BCUT2D eigenvalue weighted by atomic mass is 16.3. The number of carbonyl (C=O) groups is 2. The number of nitrogens with one attached hydrogen (secondary N) is 1. The van der Waals surface area contributed by atoms with E-state index in [1.807, 2.05) is 0 Å². The first-order valence-corrected chi connectivity index (χ1v) is 4.16. The van der Waals surface area contributed by atoms with Crippen LogP contribution < -0.4 is 5.32 Å². The Labute approximate surface area is 81.5 Å². The second kappa shape index (κ2) is 5.69. The highest BCUT2D eigenvalue weighted by Gasteiger charge is 2.30. The van der Waals surface area contributed by atoms with Crippen molar-refractivity contribution in [3.05, 3.63) is 0 Å². The zero-order valence-electron chi connectivity index (χ0n) is 8.04. The molecule has 14 heavy (non-hydrogen) atoms. The van der Waals surface area contributed by atoms with Crippen molar-refractivity contribution >= 4 is 12.2 Å². The first-order valence-electron chi connectivity index (χ1n) is 4.16. The zero-order valence-corrected chi connectivity index (χ0v) is 8.04. The minimum atomic E-state index is -1.54. The summed E-state index contributed by atoms with van der Waals surface area (Å²) in [6.45, 7) is 2.47. The molecule has 0 radical (unpaired) electrons. The van der Waals surface area contributed by atoms with Gasteiger partial charge in [0, 0.05) is 6.92 Å². The minimum absolute atomic E-state index is 0.187. The van der Waals surface area contributed by atoms with Crippen LogP contribution >= 0.6 is 0 Å². The maximum Gasteiger partial charge on any atom is 0.217 e. The Kier molecular flexibility index (Phi) is 5.29. The van der Waals surface area contributed by atoms with Crippen LogP contribution in [-0.2, 0) is 9.59 Å². The molecule has 0 unspecified atom stereocenters. The van der Waals surface area contributed by atoms with Gasteiger partial charge in [0.25, 0.3) is 0 Å². The molecule has 0 saturated heterocycles. The van der Waals surface area contributed by atoms with Crippen molar-refractivity contribution in [2.45, 2.75) is 38.2 Å². The molecular formula is C8H15NO5. The lowest BCUT2D eigenvalue weighted by Gasteiger charge is -2.26. The zero-order chi connectivity index (χ0) is 11.3. The molecule has 0 aliphatic heterocycles. The van der Waals surface area contributed by atoms with E-state index in [-0.39, 0.29) is 6.29 Å². The Morgan fingerprint density at radius 3 is 2.14 bits per heavy atom. The maximum atomic E-state index is 10.7. The molecule has 1 amide bonds. The van der Waals surface area contributed by atoms with Crippen molar-refractivity contribution in [3.63, 3.8) is 0 Å². The molecule has 4 N–H and O–H groups in total. The van der Waals surface area contributed by atoms with Gasteiger partial charge in [0.2, 0.25) is 5.91 Å². The number of hydrogen-bond donors (Lipinski definition) is 4. The van der Waals surface area contributed by atoms with Crippen LogP contribution in [0.4, 0.5) is 0 Å². The lowest BCUT2D eigenvalue weighted by molar-refractivity contribution is -0.126. The second-order valence-electron chi connectivity index (χ2n) is 3.08. The van der Waals surface area contributed by atoms with Gasteiger partial charge in [-0.05, 0) is 6.92 Å². The average Bonchev–Trinajstić information content (AvgIpc) is 2.11. The molecule has 0 aromatic rings. The number of aliphatic hydroxyl groups excluding tert-OH is 3. The van der Waals surface area contributed by atoms with E-state index in [2.05, 4.69) is 5.32 Å². The molecular weight excluding hydrogens is 190 g/mol. The molecule has 0 spiro atoms. The fraction of sp³-hybridized carbons (Fsp3) is 0.750. The Balaban J connectivity index is 4.53. The van der Waals surface area contributed by atoms with Crippen LogP contribution in [-0.4, -0.2) is 51.9 Å². The summed E-state index contributed by atoms with van der Waals surface area (Å²) in [5, 5.41) is 29.7. The highest BCUT2D eigenvalue weighted by Crippen LogP contribution is 2.03. The van der Waals surface area contributed by atoms with Gasteiger partial charge in [-0.1, -0.05) is 0 Å². The quantitative estimate of drug-likeness (QED) is 0.381. The van der Waals surface area contributed by atoms with Gasteiger partial charge in [-0.15, -0.1) is 0 Å². The summed E-state index contributed by atoms with van der Waals surface area (Å²) in [7, 11) is 0. The summed E-state index contributed by atoms with van der Waals surface area (Å²) in [6.07, 6.45) is -3.89. The van der Waals surface area contributed by atoms with Crippen LogP contribution in [0.3, 0.4) is 0 Å². The molecule has 0 fully saturated rings. The molecule has 6 nitrogen and oxygen atoms in total. The van der Waals surface area contributed by atoms with Gasteiger partial charge in [-0.2, -0.15) is 0 Å². The van der Waals surface area contributed by atoms with E-state index >= 15 is 0 Å². The summed E-state index contributed by atoms with van der Waals surface area (Å²) >= 11 is 0. The fourth-order valence-corrected chi connectivity index (χ4v) is 0.992. The smallest absolute Gasteiger partial charge is 0.217 e. The molecule has 0 aliphatic carbocycles. The predicted octanol–water partition coefficient (Wildman–Crippen LogP) is -2.21. The van der Waals surface area contributed by atoms with Gasteiger partial charge in [0.05, 0.1) is 12.1 Å². The number of amides is 1. The van der Waals surface area contributed by atoms with Gasteiger partial charge in [-0.3, -0.25) is 4.79 Å². The van der Waals surface area contributed by atoms with Gasteiger partial charge < -0.3 is 25.4 Å². The van der Waals surface area contributed by atoms with Crippen molar-refractivity contribution in [3.8, 4) is 0 Å². The number of hydrogen-bond acceptors (Lipinski definition) is 5. The Morgan fingerprint density at radius 2 is 1.86 bits per heavy atom. The van der Waals surface area contributed by atoms with Gasteiger partial charge in [0.15, 0.2) is 6.29 Å².